The minimum absolute atomic E-state index is 0.0226. The van der Waals surface area contributed by atoms with Crippen molar-refractivity contribution in [3.63, 3.8) is 0 Å². The first-order valence-corrected chi connectivity index (χ1v) is 9.39. The molecule has 142 valence electrons. The van der Waals surface area contributed by atoms with Gasteiger partial charge in [-0.3, -0.25) is 0 Å². The average molecular weight is 382 g/mol. The van der Waals surface area contributed by atoms with Crippen LogP contribution in [0.1, 0.15) is 24.2 Å². The van der Waals surface area contributed by atoms with Crippen molar-refractivity contribution in [2.75, 3.05) is 14.2 Å². The molecule has 0 aliphatic heterocycles. The van der Waals surface area contributed by atoms with Crippen LogP contribution in [0.15, 0.2) is 35.5 Å². The quantitative estimate of drug-likeness (QED) is 0.680. The van der Waals surface area contributed by atoms with Gasteiger partial charge in [-0.2, -0.15) is 15.0 Å². The van der Waals surface area contributed by atoms with Gasteiger partial charge in [0.05, 0.1) is 38.7 Å². The Bertz CT molecular complexity index is 850. The number of ether oxygens (including phenoxy) is 2. The first-order valence-electron chi connectivity index (χ1n) is 7.91. The molecular formula is C16H22N4O5S. The van der Waals surface area contributed by atoms with E-state index in [9.17, 15) is 13.2 Å². The number of benzene rings is 1. The maximum absolute atomic E-state index is 12.9. The number of rotatable bonds is 8. The summed E-state index contributed by atoms with van der Waals surface area (Å²) in [6, 6.07) is 3.63. The largest absolute Gasteiger partial charge is 0.495 e. The van der Waals surface area contributed by atoms with E-state index in [2.05, 4.69) is 19.7 Å². The summed E-state index contributed by atoms with van der Waals surface area (Å²) in [4.78, 5) is 13.0. The highest BCUT2D eigenvalue weighted by Gasteiger charge is 2.27. The molecule has 0 aliphatic carbocycles. The van der Waals surface area contributed by atoms with Crippen molar-refractivity contribution in [1.29, 1.82) is 0 Å². The second kappa shape index (κ2) is 8.28. The van der Waals surface area contributed by atoms with E-state index in [0.717, 1.165) is 0 Å². The molecule has 9 nitrogen and oxygen atoms in total. The molecule has 1 unspecified atom stereocenters. The second-order valence-electron chi connectivity index (χ2n) is 5.91. The van der Waals surface area contributed by atoms with Gasteiger partial charge < -0.3 is 9.47 Å². The topological polar surface area (TPSA) is 112 Å². The summed E-state index contributed by atoms with van der Waals surface area (Å²) in [6.07, 6.45) is 3.05. The van der Waals surface area contributed by atoms with Gasteiger partial charge >= 0.3 is 5.97 Å². The zero-order valence-electron chi connectivity index (χ0n) is 15.0. The van der Waals surface area contributed by atoms with E-state index < -0.39 is 22.0 Å². The van der Waals surface area contributed by atoms with E-state index in [1.54, 1.807) is 0 Å². The number of carbonyl (C=O) groups is 1. The lowest BCUT2D eigenvalue weighted by Gasteiger charge is -2.22. The van der Waals surface area contributed by atoms with Crippen LogP contribution in [0.4, 0.5) is 0 Å². The Morgan fingerprint density at radius 2 is 1.88 bits per heavy atom. The van der Waals surface area contributed by atoms with Gasteiger partial charge in [0, 0.05) is 6.04 Å². The fourth-order valence-corrected chi connectivity index (χ4v) is 3.86. The molecule has 10 heteroatoms. The summed E-state index contributed by atoms with van der Waals surface area (Å²) >= 11 is 0. The lowest BCUT2D eigenvalue weighted by Crippen LogP contribution is -2.42. The number of nitrogens with one attached hydrogen (secondary N) is 1. The highest BCUT2D eigenvalue weighted by Crippen LogP contribution is 2.26. The van der Waals surface area contributed by atoms with Gasteiger partial charge in [-0.1, -0.05) is 13.8 Å². The molecule has 1 N–H and O–H groups in total. The second-order valence-corrected chi connectivity index (χ2v) is 7.60. The zero-order valence-corrected chi connectivity index (χ0v) is 15.9. The van der Waals surface area contributed by atoms with Crippen molar-refractivity contribution in [3.8, 4) is 5.75 Å². The van der Waals surface area contributed by atoms with Crippen LogP contribution in [-0.2, 0) is 21.3 Å². The minimum atomic E-state index is -3.97. The number of sulfonamides is 1. The molecule has 0 aliphatic rings. The van der Waals surface area contributed by atoms with E-state index >= 15 is 0 Å². The molecular weight excluding hydrogens is 360 g/mol. The molecule has 26 heavy (non-hydrogen) atoms. The monoisotopic (exact) mass is 382 g/mol. The van der Waals surface area contributed by atoms with Crippen LogP contribution >= 0.6 is 0 Å². The Balaban J connectivity index is 2.36. The summed E-state index contributed by atoms with van der Waals surface area (Å²) in [7, 11) is -1.38. The summed E-state index contributed by atoms with van der Waals surface area (Å²) in [5.41, 5.74) is 0.114. The lowest BCUT2D eigenvalue weighted by molar-refractivity contribution is 0.0600. The Kier molecular flexibility index (Phi) is 6.32. The summed E-state index contributed by atoms with van der Waals surface area (Å²) in [5.74, 6) is -0.527. The fourth-order valence-electron chi connectivity index (χ4n) is 2.29. The molecule has 1 aromatic heterocycles. The van der Waals surface area contributed by atoms with Crippen LogP contribution in [-0.4, -0.2) is 49.6 Å². The fraction of sp³-hybridized carbons (Fsp3) is 0.438. The summed E-state index contributed by atoms with van der Waals surface area (Å²) in [5, 5.41) is 8.02. The molecule has 0 saturated carbocycles. The highest BCUT2D eigenvalue weighted by atomic mass is 32.2. The van der Waals surface area contributed by atoms with Gasteiger partial charge in [-0.25, -0.2) is 17.9 Å². The number of aromatic nitrogens is 3. The van der Waals surface area contributed by atoms with Crippen LogP contribution < -0.4 is 9.46 Å². The number of hydrogen-bond acceptors (Lipinski definition) is 7. The molecule has 1 atom stereocenters. The molecule has 1 aromatic carbocycles. The molecule has 0 spiro atoms. The standard InChI is InChI=1S/C16H22N4O5S/c1-11(2)13(10-20-17-7-8-18-20)19-26(22,23)15-9-12(16(21)25-4)5-6-14(15)24-3/h5-9,11,13,19H,10H2,1-4H3. The number of methoxy groups -OCH3 is 2. The molecule has 0 amide bonds. The smallest absolute Gasteiger partial charge is 0.337 e. The lowest BCUT2D eigenvalue weighted by atomic mass is 10.1. The van der Waals surface area contributed by atoms with Crippen molar-refractivity contribution in [1.82, 2.24) is 19.7 Å². The van der Waals surface area contributed by atoms with Crippen molar-refractivity contribution in [2.24, 2.45) is 5.92 Å². The molecule has 0 fully saturated rings. The number of esters is 1. The predicted octanol–water partition coefficient (Wildman–Crippen LogP) is 1.08. The molecule has 2 aromatic rings. The Labute approximate surface area is 152 Å². The van der Waals surface area contributed by atoms with E-state index in [1.807, 2.05) is 13.8 Å². The van der Waals surface area contributed by atoms with Crippen LogP contribution in [0, 0.1) is 5.92 Å². The number of hydrogen-bond donors (Lipinski definition) is 1. The predicted molar refractivity (Wildman–Crippen MR) is 93.3 cm³/mol. The Hall–Kier alpha value is -2.46. The van der Waals surface area contributed by atoms with Gasteiger partial charge in [-0.05, 0) is 24.1 Å². The van der Waals surface area contributed by atoms with Gasteiger partial charge in [0.1, 0.15) is 10.6 Å². The first kappa shape index (κ1) is 19.9. The van der Waals surface area contributed by atoms with Gasteiger partial charge in [0.25, 0.3) is 0 Å². The van der Waals surface area contributed by atoms with Crippen molar-refractivity contribution in [2.45, 2.75) is 31.3 Å². The summed E-state index contributed by atoms with van der Waals surface area (Å²) in [6.45, 7) is 4.04. The van der Waals surface area contributed by atoms with Crippen molar-refractivity contribution >= 4 is 16.0 Å². The van der Waals surface area contributed by atoms with Crippen LogP contribution in [0.25, 0.3) is 0 Å². The van der Waals surface area contributed by atoms with Gasteiger partial charge in [0.2, 0.25) is 10.0 Å². The van der Waals surface area contributed by atoms with Crippen LogP contribution in [0.3, 0.4) is 0 Å². The molecule has 0 saturated heterocycles. The molecule has 0 bridgehead atoms. The Morgan fingerprint density at radius 1 is 1.23 bits per heavy atom. The van der Waals surface area contributed by atoms with E-state index in [1.165, 1.54) is 49.6 Å². The van der Waals surface area contributed by atoms with Crippen LogP contribution in [0.5, 0.6) is 5.75 Å². The number of nitrogens with zero attached hydrogens (tertiary/aromatic N) is 3. The van der Waals surface area contributed by atoms with E-state index in [0.29, 0.717) is 0 Å². The maximum Gasteiger partial charge on any atom is 0.337 e. The molecule has 0 radical (unpaired) electrons. The van der Waals surface area contributed by atoms with Crippen LogP contribution in [0.2, 0.25) is 0 Å². The first-order chi connectivity index (χ1) is 12.3. The Morgan fingerprint density at radius 3 is 2.42 bits per heavy atom. The molecule has 2 rings (SSSR count). The van der Waals surface area contributed by atoms with Crippen molar-refractivity contribution in [3.05, 3.63) is 36.2 Å². The minimum Gasteiger partial charge on any atom is -0.495 e. The molecule has 1 heterocycles. The SMILES string of the molecule is COC(=O)c1ccc(OC)c(S(=O)(=O)NC(Cn2nccn2)C(C)C)c1. The van der Waals surface area contributed by atoms with E-state index in [-0.39, 0.29) is 28.7 Å². The highest BCUT2D eigenvalue weighted by molar-refractivity contribution is 7.89. The van der Waals surface area contributed by atoms with Crippen molar-refractivity contribution < 1.29 is 22.7 Å². The maximum atomic E-state index is 12.9. The van der Waals surface area contributed by atoms with E-state index in [4.69, 9.17) is 4.74 Å². The number of carbonyl (C=O) groups excluding carboxylic acids is 1. The summed E-state index contributed by atoms with van der Waals surface area (Å²) < 4.78 is 38.3. The third kappa shape index (κ3) is 4.58. The third-order valence-corrected chi connectivity index (χ3v) is 5.32. The van der Waals surface area contributed by atoms with Gasteiger partial charge in [0.15, 0.2) is 0 Å². The zero-order chi connectivity index (χ0) is 19.3. The third-order valence-electron chi connectivity index (χ3n) is 3.81. The van der Waals surface area contributed by atoms with Gasteiger partial charge in [-0.15, -0.1) is 0 Å². The average Bonchev–Trinajstić information content (AvgIpc) is 3.12. The normalized spacial score (nSPS) is 12.8.